The van der Waals surface area contributed by atoms with Gasteiger partial charge in [-0.25, -0.2) is 0 Å². The molecule has 100 valence electrons. The van der Waals surface area contributed by atoms with Gasteiger partial charge in [-0.15, -0.1) is 0 Å². The molecule has 1 heterocycles. The summed E-state index contributed by atoms with van der Waals surface area (Å²) in [6.45, 7) is 1.85. The zero-order valence-electron chi connectivity index (χ0n) is 10.7. The molecule has 19 heavy (non-hydrogen) atoms. The van der Waals surface area contributed by atoms with Crippen molar-refractivity contribution >= 4 is 40.6 Å². The standard InChI is InChI=1S/C13H12ClNO3S/c1-7-9(14)4-8(5-10(7)18-3)6-11-12(16)15(2)13(17)19-11/h4-6H,1-3H3/b11-6+. The predicted octanol–water partition coefficient (Wildman–Crippen LogP) is 3.32. The largest absolute Gasteiger partial charge is 0.496 e. The van der Waals surface area contributed by atoms with E-state index in [9.17, 15) is 9.59 Å². The van der Waals surface area contributed by atoms with E-state index in [0.717, 1.165) is 27.8 Å². The lowest BCUT2D eigenvalue weighted by atomic mass is 10.1. The maximum atomic E-state index is 11.8. The van der Waals surface area contributed by atoms with E-state index < -0.39 is 0 Å². The van der Waals surface area contributed by atoms with Crippen LogP contribution in [0.1, 0.15) is 11.1 Å². The van der Waals surface area contributed by atoms with Crippen molar-refractivity contribution < 1.29 is 14.3 Å². The summed E-state index contributed by atoms with van der Waals surface area (Å²) in [6.07, 6.45) is 1.64. The molecule has 6 heteroatoms. The fourth-order valence-electron chi connectivity index (χ4n) is 1.67. The zero-order valence-corrected chi connectivity index (χ0v) is 12.3. The number of carbonyl (C=O) groups is 2. The van der Waals surface area contributed by atoms with Crippen molar-refractivity contribution in [2.45, 2.75) is 6.92 Å². The molecule has 0 radical (unpaired) electrons. The molecule has 1 saturated heterocycles. The van der Waals surface area contributed by atoms with E-state index in [1.165, 1.54) is 7.05 Å². The van der Waals surface area contributed by atoms with Crippen molar-refractivity contribution in [3.05, 3.63) is 33.2 Å². The highest BCUT2D eigenvalue weighted by Crippen LogP contribution is 2.33. The number of nitrogens with zero attached hydrogens (tertiary/aromatic N) is 1. The van der Waals surface area contributed by atoms with Crippen molar-refractivity contribution in [1.29, 1.82) is 0 Å². The van der Waals surface area contributed by atoms with Crippen LogP contribution in [-0.2, 0) is 4.79 Å². The van der Waals surface area contributed by atoms with Crippen LogP contribution in [0.5, 0.6) is 5.75 Å². The smallest absolute Gasteiger partial charge is 0.293 e. The number of methoxy groups -OCH3 is 1. The van der Waals surface area contributed by atoms with Crippen LogP contribution < -0.4 is 4.74 Å². The number of ether oxygens (including phenoxy) is 1. The fourth-order valence-corrected chi connectivity index (χ4v) is 2.71. The van der Waals surface area contributed by atoms with Gasteiger partial charge in [0.15, 0.2) is 0 Å². The van der Waals surface area contributed by atoms with E-state index >= 15 is 0 Å². The Balaban J connectivity index is 2.42. The predicted molar refractivity (Wildman–Crippen MR) is 76.5 cm³/mol. The van der Waals surface area contributed by atoms with E-state index in [4.69, 9.17) is 16.3 Å². The average molecular weight is 298 g/mol. The molecule has 2 rings (SSSR count). The van der Waals surface area contributed by atoms with Crippen LogP contribution in [0.3, 0.4) is 0 Å². The number of benzene rings is 1. The first-order chi connectivity index (χ1) is 8.93. The normalized spacial score (nSPS) is 17.5. The van der Waals surface area contributed by atoms with Gasteiger partial charge in [0.25, 0.3) is 11.1 Å². The molecule has 4 nitrogen and oxygen atoms in total. The van der Waals surface area contributed by atoms with Crippen LogP contribution in [0.15, 0.2) is 17.0 Å². The summed E-state index contributed by atoms with van der Waals surface area (Å²) in [4.78, 5) is 24.7. The van der Waals surface area contributed by atoms with Crippen LogP contribution in [0.25, 0.3) is 6.08 Å². The quantitative estimate of drug-likeness (QED) is 0.786. The van der Waals surface area contributed by atoms with Crippen LogP contribution >= 0.6 is 23.4 Å². The second kappa shape index (κ2) is 5.27. The molecule has 0 bridgehead atoms. The molecule has 0 spiro atoms. The van der Waals surface area contributed by atoms with E-state index in [2.05, 4.69) is 0 Å². The van der Waals surface area contributed by atoms with Gasteiger partial charge in [0.2, 0.25) is 0 Å². The van der Waals surface area contributed by atoms with Gasteiger partial charge in [0.05, 0.1) is 12.0 Å². The van der Waals surface area contributed by atoms with Crippen molar-refractivity contribution in [3.63, 3.8) is 0 Å². The summed E-state index contributed by atoms with van der Waals surface area (Å²) < 4.78 is 5.22. The lowest BCUT2D eigenvalue weighted by Crippen LogP contribution is -2.22. The second-order valence-corrected chi connectivity index (χ2v) is 5.47. The van der Waals surface area contributed by atoms with Gasteiger partial charge in [-0.05, 0) is 42.5 Å². The second-order valence-electron chi connectivity index (χ2n) is 4.07. The highest BCUT2D eigenvalue weighted by molar-refractivity contribution is 8.18. The first-order valence-electron chi connectivity index (χ1n) is 5.49. The number of thioether (sulfide) groups is 1. The van der Waals surface area contributed by atoms with Gasteiger partial charge in [0.1, 0.15) is 5.75 Å². The van der Waals surface area contributed by atoms with E-state index in [1.54, 1.807) is 25.3 Å². The molecular formula is C13H12ClNO3S. The highest BCUT2D eigenvalue weighted by atomic mass is 35.5. The Bertz CT molecular complexity index is 598. The van der Waals surface area contributed by atoms with Crippen LogP contribution in [0, 0.1) is 6.92 Å². The molecule has 0 saturated carbocycles. The number of imide groups is 1. The van der Waals surface area contributed by atoms with Crippen molar-refractivity contribution in [2.75, 3.05) is 14.2 Å². The molecule has 2 amide bonds. The lowest BCUT2D eigenvalue weighted by Gasteiger charge is -2.08. The van der Waals surface area contributed by atoms with Crippen molar-refractivity contribution in [1.82, 2.24) is 4.90 Å². The maximum absolute atomic E-state index is 11.8. The summed E-state index contributed by atoms with van der Waals surface area (Å²) in [5, 5.41) is 0.280. The van der Waals surface area contributed by atoms with Gasteiger partial charge in [-0.3, -0.25) is 14.5 Å². The Morgan fingerprint density at radius 3 is 2.58 bits per heavy atom. The Labute approximate surface area is 120 Å². The summed E-state index contributed by atoms with van der Waals surface area (Å²) >= 11 is 7.01. The summed E-state index contributed by atoms with van der Waals surface area (Å²) in [5.74, 6) is 0.347. The molecule has 1 fully saturated rings. The third kappa shape index (κ3) is 2.62. The molecule has 1 aliphatic rings. The maximum Gasteiger partial charge on any atom is 0.293 e. The van der Waals surface area contributed by atoms with E-state index in [1.807, 2.05) is 6.92 Å². The Morgan fingerprint density at radius 2 is 2.05 bits per heavy atom. The molecule has 0 aliphatic carbocycles. The molecule has 1 aromatic rings. The van der Waals surface area contributed by atoms with Crippen LogP contribution in [0.2, 0.25) is 5.02 Å². The summed E-state index contributed by atoms with van der Waals surface area (Å²) in [5.41, 5.74) is 1.57. The number of hydrogen-bond acceptors (Lipinski definition) is 4. The third-order valence-corrected chi connectivity index (χ3v) is 4.18. The Kier molecular flexibility index (Phi) is 3.87. The molecular weight excluding hydrogens is 286 g/mol. The number of rotatable bonds is 2. The first kappa shape index (κ1) is 14.0. The molecule has 1 aliphatic heterocycles. The Morgan fingerprint density at radius 1 is 1.37 bits per heavy atom. The topological polar surface area (TPSA) is 46.6 Å². The minimum Gasteiger partial charge on any atom is -0.496 e. The third-order valence-electron chi connectivity index (χ3n) is 2.82. The number of carbonyl (C=O) groups excluding carboxylic acids is 2. The SMILES string of the molecule is COc1cc(/C=C2/SC(=O)N(C)C2=O)cc(Cl)c1C. The summed E-state index contributed by atoms with van der Waals surface area (Å²) in [6, 6.07) is 3.52. The fraction of sp³-hybridized carbons (Fsp3) is 0.231. The average Bonchev–Trinajstić information content (AvgIpc) is 2.61. The monoisotopic (exact) mass is 297 g/mol. The van der Waals surface area contributed by atoms with Gasteiger partial charge in [0, 0.05) is 17.6 Å². The molecule has 0 unspecified atom stereocenters. The van der Waals surface area contributed by atoms with Gasteiger partial charge >= 0.3 is 0 Å². The van der Waals surface area contributed by atoms with Crippen LogP contribution in [0.4, 0.5) is 4.79 Å². The lowest BCUT2D eigenvalue weighted by molar-refractivity contribution is -0.121. The van der Waals surface area contributed by atoms with Crippen LogP contribution in [-0.4, -0.2) is 30.2 Å². The molecule has 0 aromatic heterocycles. The molecule has 0 atom stereocenters. The Hall–Kier alpha value is -1.46. The molecule has 1 aromatic carbocycles. The van der Waals surface area contributed by atoms with Gasteiger partial charge < -0.3 is 4.74 Å². The first-order valence-corrected chi connectivity index (χ1v) is 6.69. The van der Waals surface area contributed by atoms with Crippen molar-refractivity contribution in [2.24, 2.45) is 0 Å². The van der Waals surface area contributed by atoms with Gasteiger partial charge in [-0.2, -0.15) is 0 Å². The minimum atomic E-state index is -0.300. The van der Waals surface area contributed by atoms with E-state index in [-0.39, 0.29) is 11.1 Å². The highest BCUT2D eigenvalue weighted by Gasteiger charge is 2.31. The minimum absolute atomic E-state index is 0.276. The summed E-state index contributed by atoms with van der Waals surface area (Å²) in [7, 11) is 3.02. The number of likely N-dealkylation sites (N-methyl/N-ethyl adjacent to an activating group) is 1. The zero-order chi connectivity index (χ0) is 14.2. The number of amides is 2. The number of halogens is 1. The number of hydrogen-bond donors (Lipinski definition) is 0. The van der Waals surface area contributed by atoms with E-state index in [0.29, 0.717) is 15.7 Å². The molecule has 0 N–H and O–H groups in total. The van der Waals surface area contributed by atoms with Crippen molar-refractivity contribution in [3.8, 4) is 5.75 Å². The van der Waals surface area contributed by atoms with Gasteiger partial charge in [-0.1, -0.05) is 11.6 Å².